The van der Waals surface area contributed by atoms with Crippen LogP contribution in [0, 0.1) is 0 Å². The van der Waals surface area contributed by atoms with Crippen LogP contribution in [0.15, 0.2) is 41.6 Å². The van der Waals surface area contributed by atoms with Crippen molar-refractivity contribution >= 4 is 23.4 Å². The van der Waals surface area contributed by atoms with Crippen molar-refractivity contribution < 1.29 is 23.7 Å². The molecule has 1 heterocycles. The monoisotopic (exact) mass is 431 g/mol. The third-order valence-electron chi connectivity index (χ3n) is 3.99. The molecule has 0 saturated heterocycles. The number of ether oxygens (including phenoxy) is 4. The fourth-order valence-electron chi connectivity index (χ4n) is 2.55. The van der Waals surface area contributed by atoms with Crippen LogP contribution >= 0.6 is 11.8 Å². The molecule has 0 radical (unpaired) electrons. The molecule has 2 aromatic carbocycles. The number of hydrogen-bond donors (Lipinski definition) is 1. The maximum absolute atomic E-state index is 12.4. The van der Waals surface area contributed by atoms with E-state index in [1.807, 2.05) is 0 Å². The second-order valence-electron chi connectivity index (χ2n) is 5.88. The van der Waals surface area contributed by atoms with Crippen LogP contribution in [0.4, 0.5) is 5.69 Å². The van der Waals surface area contributed by atoms with E-state index in [-0.39, 0.29) is 11.7 Å². The fourth-order valence-corrected chi connectivity index (χ4v) is 3.24. The lowest BCUT2D eigenvalue weighted by atomic mass is 10.2. The zero-order chi connectivity index (χ0) is 21.5. The molecule has 0 aliphatic heterocycles. The summed E-state index contributed by atoms with van der Waals surface area (Å²) in [6.45, 7) is 0. The lowest BCUT2D eigenvalue weighted by Gasteiger charge is -2.10. The van der Waals surface area contributed by atoms with Gasteiger partial charge in [-0.2, -0.15) is 4.68 Å². The smallest absolute Gasteiger partial charge is 0.234 e. The number of amides is 1. The summed E-state index contributed by atoms with van der Waals surface area (Å²) in [6.07, 6.45) is 0. The van der Waals surface area contributed by atoms with Crippen molar-refractivity contribution in [1.82, 2.24) is 20.2 Å². The van der Waals surface area contributed by atoms with Gasteiger partial charge in [0.2, 0.25) is 11.1 Å². The van der Waals surface area contributed by atoms with E-state index in [4.69, 9.17) is 18.9 Å². The van der Waals surface area contributed by atoms with Crippen molar-refractivity contribution in [3.05, 3.63) is 36.4 Å². The lowest BCUT2D eigenvalue weighted by Crippen LogP contribution is -2.14. The van der Waals surface area contributed by atoms with Crippen LogP contribution in [-0.2, 0) is 4.79 Å². The predicted molar refractivity (Wildman–Crippen MR) is 111 cm³/mol. The largest absolute Gasteiger partial charge is 0.497 e. The van der Waals surface area contributed by atoms with E-state index < -0.39 is 0 Å². The van der Waals surface area contributed by atoms with Crippen LogP contribution in [-0.4, -0.2) is 60.3 Å². The van der Waals surface area contributed by atoms with Gasteiger partial charge < -0.3 is 24.3 Å². The number of carbonyl (C=O) groups excluding carboxylic acids is 1. The normalized spacial score (nSPS) is 10.4. The molecule has 1 amide bonds. The highest BCUT2D eigenvalue weighted by molar-refractivity contribution is 7.99. The Labute approximate surface area is 177 Å². The molecule has 0 aliphatic carbocycles. The molecule has 10 nitrogen and oxygen atoms in total. The first-order valence-corrected chi connectivity index (χ1v) is 9.72. The quantitative estimate of drug-likeness (QED) is 0.511. The Morgan fingerprint density at radius 3 is 1.97 bits per heavy atom. The molecule has 30 heavy (non-hydrogen) atoms. The molecule has 0 aliphatic rings. The maximum atomic E-state index is 12.4. The highest BCUT2D eigenvalue weighted by Crippen LogP contribution is 2.28. The Bertz CT molecular complexity index is 982. The minimum absolute atomic E-state index is 0.0982. The van der Waals surface area contributed by atoms with E-state index in [9.17, 15) is 4.79 Å². The second kappa shape index (κ2) is 9.83. The molecule has 0 atom stereocenters. The molecule has 1 N–H and O–H groups in total. The van der Waals surface area contributed by atoms with Gasteiger partial charge >= 0.3 is 0 Å². The number of anilines is 1. The Kier molecular flexibility index (Phi) is 6.96. The number of rotatable bonds is 9. The number of nitrogens with zero attached hydrogens (tertiary/aromatic N) is 4. The Morgan fingerprint density at radius 1 is 0.900 bits per heavy atom. The zero-order valence-corrected chi connectivity index (χ0v) is 17.7. The average molecular weight is 431 g/mol. The van der Waals surface area contributed by atoms with Crippen molar-refractivity contribution in [2.45, 2.75) is 5.16 Å². The van der Waals surface area contributed by atoms with Crippen LogP contribution in [0.5, 0.6) is 23.0 Å². The third-order valence-corrected chi connectivity index (χ3v) is 4.91. The number of benzene rings is 2. The Hall–Kier alpha value is -3.47. The Balaban J connectivity index is 1.71. The van der Waals surface area contributed by atoms with Gasteiger partial charge in [0.05, 0.1) is 39.9 Å². The first-order chi connectivity index (χ1) is 14.6. The van der Waals surface area contributed by atoms with Gasteiger partial charge in [-0.05, 0) is 10.4 Å². The van der Waals surface area contributed by atoms with Crippen LogP contribution in [0.25, 0.3) is 5.69 Å². The number of tetrazole rings is 1. The highest BCUT2D eigenvalue weighted by Gasteiger charge is 2.14. The first kappa shape index (κ1) is 21.2. The van der Waals surface area contributed by atoms with Gasteiger partial charge in [0, 0.05) is 42.1 Å². The molecule has 3 rings (SSSR count). The van der Waals surface area contributed by atoms with Gasteiger partial charge in [-0.1, -0.05) is 11.8 Å². The summed E-state index contributed by atoms with van der Waals surface area (Å²) in [4.78, 5) is 12.4. The molecule has 0 unspecified atom stereocenters. The SMILES string of the molecule is COc1cc(NC(=O)CSc2nnnn2-c2cc(OC)cc(OC)c2)cc(OC)c1. The number of hydrogen-bond acceptors (Lipinski definition) is 9. The third kappa shape index (κ3) is 5.11. The van der Waals surface area contributed by atoms with Crippen molar-refractivity contribution in [2.75, 3.05) is 39.5 Å². The van der Waals surface area contributed by atoms with E-state index in [0.717, 1.165) is 0 Å². The zero-order valence-electron chi connectivity index (χ0n) is 16.9. The van der Waals surface area contributed by atoms with E-state index in [1.165, 1.54) is 16.4 Å². The van der Waals surface area contributed by atoms with Crippen LogP contribution in [0.1, 0.15) is 0 Å². The van der Waals surface area contributed by atoms with Crippen molar-refractivity contribution in [2.24, 2.45) is 0 Å². The number of nitrogens with one attached hydrogen (secondary N) is 1. The van der Waals surface area contributed by atoms with Gasteiger partial charge in [-0.15, -0.1) is 5.10 Å². The number of methoxy groups -OCH3 is 4. The minimum Gasteiger partial charge on any atom is -0.497 e. The summed E-state index contributed by atoms with van der Waals surface area (Å²) < 4.78 is 22.5. The second-order valence-corrected chi connectivity index (χ2v) is 6.82. The first-order valence-electron chi connectivity index (χ1n) is 8.73. The Morgan fingerprint density at radius 2 is 1.43 bits per heavy atom. The predicted octanol–water partition coefficient (Wildman–Crippen LogP) is 2.43. The molecule has 0 saturated carbocycles. The van der Waals surface area contributed by atoms with Crippen molar-refractivity contribution in [1.29, 1.82) is 0 Å². The molecule has 1 aromatic heterocycles. The molecule has 158 valence electrons. The summed E-state index contributed by atoms with van der Waals surface area (Å²) >= 11 is 1.19. The molecule has 3 aromatic rings. The van der Waals surface area contributed by atoms with Gasteiger partial charge in [-0.25, -0.2) is 0 Å². The summed E-state index contributed by atoms with van der Waals surface area (Å²) in [6, 6.07) is 10.4. The topological polar surface area (TPSA) is 110 Å². The van der Waals surface area contributed by atoms with Crippen LogP contribution in [0.2, 0.25) is 0 Å². The van der Waals surface area contributed by atoms with E-state index in [1.54, 1.807) is 64.8 Å². The molecular formula is C19H21N5O5S. The van der Waals surface area contributed by atoms with Crippen LogP contribution < -0.4 is 24.3 Å². The van der Waals surface area contributed by atoms with Gasteiger partial charge in [0.25, 0.3) is 0 Å². The van der Waals surface area contributed by atoms with Crippen LogP contribution in [0.3, 0.4) is 0 Å². The summed E-state index contributed by atoms with van der Waals surface area (Å²) in [5.41, 5.74) is 1.21. The van der Waals surface area contributed by atoms with Crippen molar-refractivity contribution in [3.63, 3.8) is 0 Å². The average Bonchev–Trinajstić information content (AvgIpc) is 3.25. The summed E-state index contributed by atoms with van der Waals surface area (Å²) in [5.74, 6) is 2.22. The summed E-state index contributed by atoms with van der Waals surface area (Å²) in [7, 11) is 6.21. The van der Waals surface area contributed by atoms with E-state index in [2.05, 4.69) is 20.8 Å². The highest BCUT2D eigenvalue weighted by atomic mass is 32.2. The minimum atomic E-state index is -0.229. The van der Waals surface area contributed by atoms with Gasteiger partial charge in [0.15, 0.2) is 0 Å². The molecular weight excluding hydrogens is 410 g/mol. The van der Waals surface area contributed by atoms with E-state index in [0.29, 0.717) is 39.5 Å². The molecule has 11 heteroatoms. The molecule has 0 bridgehead atoms. The molecule has 0 spiro atoms. The lowest BCUT2D eigenvalue weighted by molar-refractivity contribution is -0.113. The van der Waals surface area contributed by atoms with Crippen molar-refractivity contribution in [3.8, 4) is 28.7 Å². The summed E-state index contributed by atoms with van der Waals surface area (Å²) in [5, 5.41) is 15.0. The number of carbonyl (C=O) groups is 1. The van der Waals surface area contributed by atoms with E-state index >= 15 is 0 Å². The fraction of sp³-hybridized carbons (Fsp3) is 0.263. The standard InChI is InChI=1S/C19H21N5O5S/c1-26-14-5-12(6-15(9-14)27-2)20-18(25)11-30-19-21-22-23-24(19)13-7-16(28-3)10-17(8-13)29-4/h5-10H,11H2,1-4H3,(H,20,25). The number of aromatic nitrogens is 4. The maximum Gasteiger partial charge on any atom is 0.234 e. The van der Waals surface area contributed by atoms with Gasteiger partial charge in [-0.3, -0.25) is 4.79 Å². The van der Waals surface area contributed by atoms with Gasteiger partial charge in [0.1, 0.15) is 23.0 Å². The molecule has 0 fully saturated rings. The number of thioether (sulfide) groups is 1.